The van der Waals surface area contributed by atoms with Gasteiger partial charge in [-0.3, -0.25) is 5.41 Å². The summed E-state index contributed by atoms with van der Waals surface area (Å²) in [6.45, 7) is 3.67. The molecule has 0 radical (unpaired) electrons. The standard InChI is InChI=1S/C21H25N7O/c1-12-18(22)13(8-23-2)7-17(19(12)29)21-25-9-14-6-16(10-26-20(14)27-21)28-5-4-15(11-28)24-3/h6-10,15,22-24,29H,4-5,11H2,1-3H3/b13-8-,22-18?. The molecule has 29 heavy (non-hydrogen) atoms. The molecule has 2 aromatic rings. The summed E-state index contributed by atoms with van der Waals surface area (Å²) in [5, 5.41) is 25.8. The second-order valence-electron chi connectivity index (χ2n) is 7.32. The first-order chi connectivity index (χ1) is 14.0. The van der Waals surface area contributed by atoms with Crippen molar-refractivity contribution in [1.29, 1.82) is 5.41 Å². The zero-order valence-corrected chi connectivity index (χ0v) is 16.8. The van der Waals surface area contributed by atoms with E-state index in [1.54, 1.807) is 32.4 Å². The number of rotatable bonds is 4. The minimum Gasteiger partial charge on any atom is -0.507 e. The summed E-state index contributed by atoms with van der Waals surface area (Å²) >= 11 is 0. The Labute approximate surface area is 169 Å². The van der Waals surface area contributed by atoms with Crippen molar-refractivity contribution < 1.29 is 5.11 Å². The Bertz CT molecular complexity index is 1070. The number of pyridine rings is 1. The van der Waals surface area contributed by atoms with Crippen molar-refractivity contribution in [2.75, 3.05) is 32.1 Å². The number of hydrogen-bond donors (Lipinski definition) is 4. The second-order valence-corrected chi connectivity index (χ2v) is 7.32. The summed E-state index contributed by atoms with van der Waals surface area (Å²) in [6, 6.07) is 2.56. The highest BCUT2D eigenvalue weighted by Gasteiger charge is 2.24. The zero-order chi connectivity index (χ0) is 20.5. The van der Waals surface area contributed by atoms with Gasteiger partial charge in [-0.15, -0.1) is 0 Å². The molecule has 2 aliphatic rings. The SMILES string of the molecule is CN/C=C1/C=C(c2ncc3cc(N4CCC(NC)C4)cnc3n2)C(O)=C(C)C1=N. The van der Waals surface area contributed by atoms with E-state index >= 15 is 0 Å². The highest BCUT2D eigenvalue weighted by molar-refractivity contribution is 6.16. The topological polar surface area (TPSA) is 110 Å². The molecule has 0 aromatic carbocycles. The summed E-state index contributed by atoms with van der Waals surface area (Å²) in [5.41, 5.74) is 3.56. The summed E-state index contributed by atoms with van der Waals surface area (Å²) in [4.78, 5) is 15.9. The van der Waals surface area contributed by atoms with Crippen molar-refractivity contribution in [3.05, 3.63) is 53.5 Å². The molecular weight excluding hydrogens is 366 g/mol. The van der Waals surface area contributed by atoms with E-state index < -0.39 is 0 Å². The normalized spacial score (nSPS) is 21.3. The molecule has 0 spiro atoms. The van der Waals surface area contributed by atoms with E-state index in [1.165, 1.54) is 0 Å². The van der Waals surface area contributed by atoms with E-state index in [4.69, 9.17) is 5.41 Å². The fourth-order valence-corrected chi connectivity index (χ4v) is 3.72. The molecule has 1 aliphatic heterocycles. The van der Waals surface area contributed by atoms with Crippen LogP contribution in [0, 0.1) is 5.41 Å². The summed E-state index contributed by atoms with van der Waals surface area (Å²) in [7, 11) is 3.76. The van der Waals surface area contributed by atoms with Gasteiger partial charge in [-0.2, -0.15) is 0 Å². The lowest BCUT2D eigenvalue weighted by molar-refractivity contribution is 0.432. The Morgan fingerprint density at radius 2 is 2.10 bits per heavy atom. The van der Waals surface area contributed by atoms with Crippen LogP contribution in [0.4, 0.5) is 5.69 Å². The fourth-order valence-electron chi connectivity index (χ4n) is 3.72. The van der Waals surface area contributed by atoms with Crippen molar-refractivity contribution in [3.8, 4) is 0 Å². The smallest absolute Gasteiger partial charge is 0.165 e. The van der Waals surface area contributed by atoms with E-state index in [0.717, 1.165) is 30.6 Å². The van der Waals surface area contributed by atoms with Gasteiger partial charge in [-0.25, -0.2) is 15.0 Å². The average Bonchev–Trinajstić information content (AvgIpc) is 3.23. The lowest BCUT2D eigenvalue weighted by Gasteiger charge is -2.19. The number of allylic oxidation sites excluding steroid dienone is 4. The highest BCUT2D eigenvalue weighted by Crippen LogP contribution is 2.30. The molecule has 3 heterocycles. The van der Waals surface area contributed by atoms with E-state index in [1.807, 2.05) is 13.2 Å². The van der Waals surface area contributed by atoms with Gasteiger partial charge in [0.15, 0.2) is 11.5 Å². The van der Waals surface area contributed by atoms with E-state index in [-0.39, 0.29) is 11.5 Å². The molecule has 8 heteroatoms. The first kappa shape index (κ1) is 19.1. The Morgan fingerprint density at radius 1 is 1.28 bits per heavy atom. The zero-order valence-electron chi connectivity index (χ0n) is 16.8. The van der Waals surface area contributed by atoms with Gasteiger partial charge < -0.3 is 20.6 Å². The van der Waals surface area contributed by atoms with Crippen LogP contribution in [-0.2, 0) is 0 Å². The Balaban J connectivity index is 1.69. The Morgan fingerprint density at radius 3 is 2.83 bits per heavy atom. The van der Waals surface area contributed by atoms with Crippen molar-refractivity contribution >= 4 is 28.0 Å². The summed E-state index contributed by atoms with van der Waals surface area (Å²) in [6.07, 6.45) is 8.14. The molecule has 2 aromatic heterocycles. The molecule has 0 amide bonds. The molecule has 1 aliphatic carbocycles. The molecule has 4 rings (SSSR count). The number of hydrogen-bond acceptors (Lipinski definition) is 8. The number of nitrogens with zero attached hydrogens (tertiary/aromatic N) is 4. The maximum Gasteiger partial charge on any atom is 0.165 e. The largest absolute Gasteiger partial charge is 0.507 e. The number of nitrogens with one attached hydrogen (secondary N) is 3. The third-order valence-electron chi connectivity index (χ3n) is 5.49. The van der Waals surface area contributed by atoms with Crippen molar-refractivity contribution in [3.63, 3.8) is 0 Å². The van der Waals surface area contributed by atoms with Gasteiger partial charge in [0.1, 0.15) is 5.76 Å². The molecule has 0 bridgehead atoms. The van der Waals surface area contributed by atoms with Crippen LogP contribution in [0.25, 0.3) is 16.6 Å². The average molecular weight is 391 g/mol. The van der Waals surface area contributed by atoms with Crippen molar-refractivity contribution in [2.45, 2.75) is 19.4 Å². The van der Waals surface area contributed by atoms with Crippen LogP contribution >= 0.6 is 0 Å². The number of anilines is 1. The van der Waals surface area contributed by atoms with Crippen molar-refractivity contribution in [1.82, 2.24) is 25.6 Å². The third-order valence-corrected chi connectivity index (χ3v) is 5.49. The Hall–Kier alpha value is -3.26. The van der Waals surface area contributed by atoms with Gasteiger partial charge in [-0.1, -0.05) is 0 Å². The van der Waals surface area contributed by atoms with Crippen LogP contribution in [-0.4, -0.2) is 59.0 Å². The van der Waals surface area contributed by atoms with Crippen LogP contribution in [0.15, 0.2) is 47.6 Å². The monoisotopic (exact) mass is 391 g/mol. The predicted molar refractivity (Wildman–Crippen MR) is 115 cm³/mol. The van der Waals surface area contributed by atoms with Gasteiger partial charge in [0, 0.05) is 55.1 Å². The summed E-state index contributed by atoms with van der Waals surface area (Å²) < 4.78 is 0. The van der Waals surface area contributed by atoms with Gasteiger partial charge in [0.2, 0.25) is 0 Å². The van der Waals surface area contributed by atoms with Crippen LogP contribution < -0.4 is 15.5 Å². The molecule has 150 valence electrons. The van der Waals surface area contributed by atoms with Crippen LogP contribution in [0.3, 0.4) is 0 Å². The molecule has 1 atom stereocenters. The number of likely N-dealkylation sites (N-methyl/N-ethyl adjacent to an activating group) is 1. The van der Waals surface area contributed by atoms with Gasteiger partial charge in [-0.05, 0) is 32.5 Å². The van der Waals surface area contributed by atoms with Gasteiger partial charge in [0.25, 0.3) is 0 Å². The maximum absolute atomic E-state index is 10.6. The van der Waals surface area contributed by atoms with Gasteiger partial charge >= 0.3 is 0 Å². The van der Waals surface area contributed by atoms with Gasteiger partial charge in [0.05, 0.1) is 23.2 Å². The molecular formula is C21H25N7O. The minimum atomic E-state index is 0.0226. The molecule has 1 saturated heterocycles. The quantitative estimate of drug-likeness (QED) is 0.632. The first-order valence-electron chi connectivity index (χ1n) is 9.66. The Kier molecular flexibility index (Phi) is 5.02. The van der Waals surface area contributed by atoms with E-state index in [2.05, 4.69) is 36.6 Å². The molecule has 4 N–H and O–H groups in total. The second kappa shape index (κ2) is 7.63. The highest BCUT2D eigenvalue weighted by atomic mass is 16.3. The summed E-state index contributed by atoms with van der Waals surface area (Å²) in [5.74, 6) is 0.412. The van der Waals surface area contributed by atoms with Crippen LogP contribution in [0.2, 0.25) is 0 Å². The third kappa shape index (κ3) is 3.47. The minimum absolute atomic E-state index is 0.0226. The maximum atomic E-state index is 10.6. The number of aliphatic hydroxyl groups is 1. The van der Waals surface area contributed by atoms with E-state index in [9.17, 15) is 5.11 Å². The predicted octanol–water partition coefficient (Wildman–Crippen LogP) is 2.17. The molecule has 8 nitrogen and oxygen atoms in total. The molecule has 0 saturated carbocycles. The van der Waals surface area contributed by atoms with Crippen molar-refractivity contribution in [2.24, 2.45) is 0 Å². The fraction of sp³-hybridized carbons (Fsp3) is 0.333. The molecule has 1 fully saturated rings. The molecule has 1 unspecified atom stereocenters. The first-order valence-corrected chi connectivity index (χ1v) is 9.66. The lowest BCUT2D eigenvalue weighted by atomic mass is 9.92. The van der Waals surface area contributed by atoms with Crippen LogP contribution in [0.5, 0.6) is 0 Å². The number of fused-ring (bicyclic) bond motifs is 1. The van der Waals surface area contributed by atoms with E-state index in [0.29, 0.717) is 34.2 Å². The lowest BCUT2D eigenvalue weighted by Crippen LogP contribution is -2.29. The van der Waals surface area contributed by atoms with Crippen LogP contribution in [0.1, 0.15) is 19.2 Å². The number of aromatic nitrogens is 3. The number of aliphatic hydroxyl groups excluding tert-OH is 1.